The van der Waals surface area contributed by atoms with E-state index in [4.69, 9.17) is 0 Å². The van der Waals surface area contributed by atoms with Crippen LogP contribution in [-0.4, -0.2) is 34.7 Å². The van der Waals surface area contributed by atoms with E-state index in [1.807, 2.05) is 4.90 Å². The Morgan fingerprint density at radius 1 is 0.889 bits per heavy atom. The second-order valence-corrected chi connectivity index (χ2v) is 6.48. The summed E-state index contributed by atoms with van der Waals surface area (Å²) in [5.74, 6) is -0.742. The monoisotopic (exact) mass is 367 g/mol. The molecular weight excluding hydrogens is 346 g/mol. The van der Waals surface area contributed by atoms with Gasteiger partial charge in [0.25, 0.3) is 17.5 Å². The average Bonchev–Trinajstić information content (AvgIpc) is 2.97. The number of rotatable bonds is 4. The largest absolute Gasteiger partial charge is 0.339 e. The Bertz CT molecular complexity index is 858. The lowest BCUT2D eigenvalue weighted by Gasteiger charge is -2.22. The number of nitrogens with one attached hydrogen (secondary N) is 1. The molecule has 2 amide bonds. The van der Waals surface area contributed by atoms with Gasteiger partial charge >= 0.3 is 0 Å². The fraction of sp³-hybridized carbons (Fsp3) is 0.300. The van der Waals surface area contributed by atoms with E-state index < -0.39 is 10.8 Å². The van der Waals surface area contributed by atoms with Gasteiger partial charge in [-0.15, -0.1) is 0 Å². The first-order valence-electron chi connectivity index (χ1n) is 9.01. The van der Waals surface area contributed by atoms with Gasteiger partial charge in [-0.05, 0) is 31.0 Å². The van der Waals surface area contributed by atoms with E-state index in [1.165, 1.54) is 18.2 Å². The summed E-state index contributed by atoms with van der Waals surface area (Å²) in [6, 6.07) is 12.5. The minimum Gasteiger partial charge on any atom is -0.339 e. The maximum atomic E-state index is 12.9. The van der Waals surface area contributed by atoms with Gasteiger partial charge in [0.1, 0.15) is 5.56 Å². The third-order valence-electron chi connectivity index (χ3n) is 4.64. The number of hydrogen-bond donors (Lipinski definition) is 1. The number of carbonyl (C=O) groups excluding carboxylic acids is 2. The molecule has 140 valence electrons. The van der Waals surface area contributed by atoms with Crippen molar-refractivity contribution in [1.82, 2.24) is 4.90 Å². The van der Waals surface area contributed by atoms with Crippen LogP contribution < -0.4 is 5.32 Å². The molecule has 27 heavy (non-hydrogen) atoms. The van der Waals surface area contributed by atoms with Crippen molar-refractivity contribution in [3.8, 4) is 0 Å². The van der Waals surface area contributed by atoms with Crippen molar-refractivity contribution in [2.24, 2.45) is 0 Å². The number of nitro groups is 1. The Kier molecular flexibility index (Phi) is 5.80. The maximum absolute atomic E-state index is 12.9. The summed E-state index contributed by atoms with van der Waals surface area (Å²) in [6.45, 7) is 1.40. The molecule has 1 saturated heterocycles. The number of para-hydroxylation sites is 2. The van der Waals surface area contributed by atoms with Crippen molar-refractivity contribution >= 4 is 23.2 Å². The van der Waals surface area contributed by atoms with Gasteiger partial charge in [0.15, 0.2) is 0 Å². The molecule has 2 aromatic carbocycles. The average molecular weight is 367 g/mol. The topological polar surface area (TPSA) is 92.6 Å². The Morgan fingerprint density at radius 2 is 1.48 bits per heavy atom. The van der Waals surface area contributed by atoms with Gasteiger partial charge in [-0.3, -0.25) is 19.7 Å². The second-order valence-electron chi connectivity index (χ2n) is 6.48. The van der Waals surface area contributed by atoms with Crippen LogP contribution in [0.2, 0.25) is 0 Å². The molecule has 0 saturated carbocycles. The van der Waals surface area contributed by atoms with Gasteiger partial charge < -0.3 is 10.2 Å². The van der Waals surface area contributed by atoms with Crippen LogP contribution in [0.3, 0.4) is 0 Å². The van der Waals surface area contributed by atoms with Crippen molar-refractivity contribution in [1.29, 1.82) is 0 Å². The van der Waals surface area contributed by atoms with Crippen molar-refractivity contribution in [2.45, 2.75) is 25.7 Å². The lowest BCUT2D eigenvalue weighted by Crippen LogP contribution is -2.32. The molecule has 1 N–H and O–H groups in total. The third-order valence-corrected chi connectivity index (χ3v) is 4.64. The zero-order valence-electron chi connectivity index (χ0n) is 14.9. The summed E-state index contributed by atoms with van der Waals surface area (Å²) in [5.41, 5.74) is 0.437. The molecule has 1 aliphatic rings. The quantitative estimate of drug-likeness (QED) is 0.656. The van der Waals surface area contributed by atoms with Crippen molar-refractivity contribution in [3.63, 3.8) is 0 Å². The predicted molar refractivity (Wildman–Crippen MR) is 102 cm³/mol. The second kappa shape index (κ2) is 8.44. The summed E-state index contributed by atoms with van der Waals surface area (Å²) >= 11 is 0. The molecule has 1 heterocycles. The highest BCUT2D eigenvalue weighted by molar-refractivity contribution is 6.10. The molecule has 3 rings (SSSR count). The lowest BCUT2D eigenvalue weighted by molar-refractivity contribution is -0.385. The summed E-state index contributed by atoms with van der Waals surface area (Å²) in [5, 5.41) is 13.8. The summed E-state index contributed by atoms with van der Waals surface area (Å²) in [7, 11) is 0. The molecule has 0 aliphatic carbocycles. The predicted octanol–water partition coefficient (Wildman–Crippen LogP) is 3.86. The number of nitro benzene ring substituents is 1. The first-order valence-corrected chi connectivity index (χ1v) is 9.01. The molecule has 0 bridgehead atoms. The summed E-state index contributed by atoms with van der Waals surface area (Å²) < 4.78 is 0. The van der Waals surface area contributed by atoms with Crippen LogP contribution in [0.15, 0.2) is 48.5 Å². The smallest absolute Gasteiger partial charge is 0.282 e. The Hall–Kier alpha value is -3.22. The van der Waals surface area contributed by atoms with Crippen molar-refractivity contribution < 1.29 is 14.5 Å². The SMILES string of the molecule is O=C(Nc1ccccc1C(=O)N1CCCCCC1)c1ccccc1[N+](=O)[O-]. The van der Waals surface area contributed by atoms with Gasteiger partial charge in [-0.1, -0.05) is 37.1 Å². The Labute approximate surface area is 157 Å². The molecule has 1 aliphatic heterocycles. The van der Waals surface area contributed by atoms with Crippen molar-refractivity contribution in [2.75, 3.05) is 18.4 Å². The van der Waals surface area contributed by atoms with Gasteiger partial charge in [0, 0.05) is 19.2 Å². The molecule has 0 aromatic heterocycles. The minimum absolute atomic E-state index is 0.0421. The third kappa shape index (κ3) is 4.31. The molecular formula is C20H21N3O4. The zero-order chi connectivity index (χ0) is 19.2. The minimum atomic E-state index is -0.613. The van der Waals surface area contributed by atoms with Crippen molar-refractivity contribution in [3.05, 3.63) is 69.8 Å². The van der Waals surface area contributed by atoms with E-state index in [2.05, 4.69) is 5.32 Å². The van der Waals surface area contributed by atoms with E-state index in [0.717, 1.165) is 25.7 Å². The summed E-state index contributed by atoms with van der Waals surface area (Å²) in [4.78, 5) is 37.9. The van der Waals surface area contributed by atoms with Gasteiger partial charge in [-0.25, -0.2) is 0 Å². The molecule has 7 nitrogen and oxygen atoms in total. The highest BCUT2D eigenvalue weighted by Gasteiger charge is 2.23. The fourth-order valence-corrected chi connectivity index (χ4v) is 3.24. The Morgan fingerprint density at radius 3 is 2.15 bits per heavy atom. The fourth-order valence-electron chi connectivity index (χ4n) is 3.24. The molecule has 2 aromatic rings. The van der Waals surface area contributed by atoms with Crippen LogP contribution in [0.5, 0.6) is 0 Å². The van der Waals surface area contributed by atoms with E-state index in [9.17, 15) is 19.7 Å². The van der Waals surface area contributed by atoms with Gasteiger partial charge in [0.2, 0.25) is 0 Å². The number of carbonyl (C=O) groups is 2. The van der Waals surface area contributed by atoms with E-state index in [1.54, 1.807) is 30.3 Å². The van der Waals surface area contributed by atoms with Crippen LogP contribution in [0.1, 0.15) is 46.4 Å². The van der Waals surface area contributed by atoms with E-state index in [-0.39, 0.29) is 17.2 Å². The molecule has 0 unspecified atom stereocenters. The van der Waals surface area contributed by atoms with E-state index >= 15 is 0 Å². The maximum Gasteiger partial charge on any atom is 0.282 e. The first kappa shape index (κ1) is 18.6. The number of hydrogen-bond acceptors (Lipinski definition) is 4. The number of anilines is 1. The van der Waals surface area contributed by atoms with Crippen LogP contribution in [0, 0.1) is 10.1 Å². The number of likely N-dealkylation sites (tertiary alicyclic amines) is 1. The molecule has 0 atom stereocenters. The number of nitrogens with zero attached hydrogens (tertiary/aromatic N) is 2. The Balaban J connectivity index is 1.85. The van der Waals surface area contributed by atoms with Crippen LogP contribution in [0.25, 0.3) is 0 Å². The molecule has 1 fully saturated rings. The van der Waals surface area contributed by atoms with E-state index in [0.29, 0.717) is 24.3 Å². The number of benzene rings is 2. The molecule has 0 radical (unpaired) electrons. The molecule has 7 heteroatoms. The zero-order valence-corrected chi connectivity index (χ0v) is 14.9. The number of amides is 2. The van der Waals surface area contributed by atoms with Crippen LogP contribution in [0.4, 0.5) is 11.4 Å². The van der Waals surface area contributed by atoms with Gasteiger partial charge in [0.05, 0.1) is 16.2 Å². The lowest BCUT2D eigenvalue weighted by atomic mass is 10.1. The first-order chi connectivity index (χ1) is 13.1. The normalized spacial score (nSPS) is 14.3. The van der Waals surface area contributed by atoms with Crippen LogP contribution in [-0.2, 0) is 0 Å². The highest BCUT2D eigenvalue weighted by atomic mass is 16.6. The van der Waals surface area contributed by atoms with Crippen LogP contribution >= 0.6 is 0 Å². The van der Waals surface area contributed by atoms with Gasteiger partial charge in [-0.2, -0.15) is 0 Å². The standard InChI is InChI=1S/C20H21N3O4/c24-19(16-10-4-6-12-18(16)23(26)27)21-17-11-5-3-9-15(17)20(25)22-13-7-1-2-8-14-22/h3-6,9-12H,1-2,7-8,13-14H2,(H,21,24). The molecule has 0 spiro atoms. The highest BCUT2D eigenvalue weighted by Crippen LogP contribution is 2.23. The summed E-state index contributed by atoms with van der Waals surface area (Å²) in [6.07, 6.45) is 4.16.